The van der Waals surface area contributed by atoms with Crippen LogP contribution in [0.3, 0.4) is 0 Å². The van der Waals surface area contributed by atoms with Gasteiger partial charge in [0.1, 0.15) is 11.5 Å². The lowest BCUT2D eigenvalue weighted by Gasteiger charge is -2.20. The van der Waals surface area contributed by atoms with E-state index in [9.17, 15) is 0 Å². The van der Waals surface area contributed by atoms with Crippen LogP contribution in [0.1, 0.15) is 30.0 Å². The SMILES string of the molecule is Cc1ccc(CN(C)c2ccc([C@@H](C)N)cc2Cl)o1. The molecule has 0 fully saturated rings. The summed E-state index contributed by atoms with van der Waals surface area (Å²) in [6, 6.07) is 9.86. The number of benzene rings is 1. The van der Waals surface area contributed by atoms with Crippen LogP contribution >= 0.6 is 11.6 Å². The third kappa shape index (κ3) is 3.31. The molecule has 0 bridgehead atoms. The van der Waals surface area contributed by atoms with E-state index in [1.165, 1.54) is 0 Å². The highest BCUT2D eigenvalue weighted by Gasteiger charge is 2.10. The maximum absolute atomic E-state index is 6.31. The van der Waals surface area contributed by atoms with E-state index >= 15 is 0 Å². The molecule has 0 amide bonds. The van der Waals surface area contributed by atoms with E-state index in [4.69, 9.17) is 21.8 Å². The largest absolute Gasteiger partial charge is 0.464 e. The average molecular weight is 279 g/mol. The molecule has 0 aliphatic carbocycles. The van der Waals surface area contributed by atoms with Crippen molar-refractivity contribution in [3.05, 3.63) is 52.4 Å². The Balaban J connectivity index is 2.17. The molecule has 0 saturated carbocycles. The predicted octanol–water partition coefficient (Wildman–Crippen LogP) is 3.90. The molecule has 0 spiro atoms. The highest BCUT2D eigenvalue weighted by molar-refractivity contribution is 6.33. The Hall–Kier alpha value is -1.45. The first-order valence-corrected chi connectivity index (χ1v) is 6.66. The number of anilines is 1. The predicted molar refractivity (Wildman–Crippen MR) is 79.6 cm³/mol. The number of nitrogens with two attached hydrogens (primary N) is 1. The van der Waals surface area contributed by atoms with E-state index in [0.717, 1.165) is 22.8 Å². The van der Waals surface area contributed by atoms with E-state index in [0.29, 0.717) is 11.6 Å². The minimum absolute atomic E-state index is 0.00965. The molecule has 4 heteroatoms. The van der Waals surface area contributed by atoms with Crippen LogP contribution in [0.4, 0.5) is 5.69 Å². The molecule has 1 aromatic heterocycles. The normalized spacial score (nSPS) is 12.5. The molecule has 1 atom stereocenters. The molecule has 0 unspecified atom stereocenters. The molecule has 0 saturated heterocycles. The maximum Gasteiger partial charge on any atom is 0.123 e. The fraction of sp³-hybridized carbons (Fsp3) is 0.333. The molecule has 2 N–H and O–H groups in total. The van der Waals surface area contributed by atoms with Crippen LogP contribution in [0.2, 0.25) is 5.02 Å². The number of nitrogens with zero attached hydrogens (tertiary/aromatic N) is 1. The Morgan fingerprint density at radius 1 is 1.32 bits per heavy atom. The van der Waals surface area contributed by atoms with E-state index in [1.807, 2.05) is 51.2 Å². The van der Waals surface area contributed by atoms with Crippen molar-refractivity contribution >= 4 is 17.3 Å². The van der Waals surface area contributed by atoms with Crippen LogP contribution in [0, 0.1) is 6.92 Å². The summed E-state index contributed by atoms with van der Waals surface area (Å²) in [5.41, 5.74) is 7.86. The standard InChI is InChI=1S/C15H19ClN2O/c1-10-4-6-13(19-10)9-18(3)15-7-5-12(11(2)17)8-14(15)16/h4-8,11H,9,17H2,1-3H3/t11-/m1/s1. The Bertz CT molecular complexity index is 563. The number of aryl methyl sites for hydroxylation is 1. The van der Waals surface area contributed by atoms with Crippen molar-refractivity contribution in [1.29, 1.82) is 0 Å². The van der Waals surface area contributed by atoms with Gasteiger partial charge in [0.05, 0.1) is 17.3 Å². The molecule has 1 heterocycles. The van der Waals surface area contributed by atoms with Crippen LogP contribution in [0.5, 0.6) is 0 Å². The summed E-state index contributed by atoms with van der Waals surface area (Å²) in [6.45, 7) is 4.57. The second-order valence-corrected chi connectivity index (χ2v) is 5.28. The first-order valence-electron chi connectivity index (χ1n) is 6.29. The highest BCUT2D eigenvalue weighted by Crippen LogP contribution is 2.29. The van der Waals surface area contributed by atoms with Gasteiger partial charge in [-0.25, -0.2) is 0 Å². The maximum atomic E-state index is 6.31. The number of rotatable bonds is 4. The molecule has 0 aliphatic heterocycles. The molecule has 2 aromatic rings. The summed E-state index contributed by atoms with van der Waals surface area (Å²) in [7, 11) is 1.99. The molecule has 102 valence electrons. The van der Waals surface area contributed by atoms with Crippen molar-refractivity contribution in [3.63, 3.8) is 0 Å². The Labute approximate surface area is 119 Å². The molecule has 0 radical (unpaired) electrons. The summed E-state index contributed by atoms with van der Waals surface area (Å²) in [6.07, 6.45) is 0. The lowest BCUT2D eigenvalue weighted by Crippen LogP contribution is -2.16. The summed E-state index contributed by atoms with van der Waals surface area (Å²) in [5, 5.41) is 0.709. The Morgan fingerprint density at radius 3 is 2.58 bits per heavy atom. The van der Waals surface area contributed by atoms with Gasteiger partial charge in [0, 0.05) is 13.1 Å². The van der Waals surface area contributed by atoms with Gasteiger partial charge in [0.2, 0.25) is 0 Å². The van der Waals surface area contributed by atoms with Gasteiger partial charge in [-0.2, -0.15) is 0 Å². The van der Waals surface area contributed by atoms with Crippen molar-refractivity contribution in [1.82, 2.24) is 0 Å². The minimum Gasteiger partial charge on any atom is -0.464 e. The van der Waals surface area contributed by atoms with Gasteiger partial charge >= 0.3 is 0 Å². The monoisotopic (exact) mass is 278 g/mol. The Morgan fingerprint density at radius 2 is 2.05 bits per heavy atom. The zero-order valence-electron chi connectivity index (χ0n) is 11.5. The number of hydrogen-bond donors (Lipinski definition) is 1. The topological polar surface area (TPSA) is 42.4 Å². The van der Waals surface area contributed by atoms with E-state index in [1.54, 1.807) is 0 Å². The smallest absolute Gasteiger partial charge is 0.123 e. The minimum atomic E-state index is -0.00965. The summed E-state index contributed by atoms with van der Waals surface area (Å²) in [4.78, 5) is 2.06. The van der Waals surface area contributed by atoms with Crippen LogP contribution in [0.15, 0.2) is 34.7 Å². The van der Waals surface area contributed by atoms with Crippen LogP contribution in [-0.2, 0) is 6.54 Å². The molecule has 2 rings (SSSR count). The van der Waals surface area contributed by atoms with Crippen molar-refractivity contribution < 1.29 is 4.42 Å². The van der Waals surface area contributed by atoms with Crippen LogP contribution < -0.4 is 10.6 Å². The van der Waals surface area contributed by atoms with Gasteiger partial charge in [-0.3, -0.25) is 0 Å². The lowest BCUT2D eigenvalue weighted by molar-refractivity contribution is 0.482. The first-order chi connectivity index (χ1) is 8.97. The number of hydrogen-bond acceptors (Lipinski definition) is 3. The van der Waals surface area contributed by atoms with Gasteiger partial charge < -0.3 is 15.1 Å². The van der Waals surface area contributed by atoms with Gasteiger partial charge in [-0.15, -0.1) is 0 Å². The highest BCUT2D eigenvalue weighted by atomic mass is 35.5. The second kappa shape index (κ2) is 5.68. The zero-order valence-corrected chi connectivity index (χ0v) is 12.2. The molecule has 3 nitrogen and oxygen atoms in total. The van der Waals surface area contributed by atoms with Gasteiger partial charge in [0.15, 0.2) is 0 Å². The molecule has 0 aliphatic rings. The summed E-state index contributed by atoms with van der Waals surface area (Å²) >= 11 is 6.31. The summed E-state index contributed by atoms with van der Waals surface area (Å²) < 4.78 is 5.57. The first kappa shape index (κ1) is 14.0. The molecular weight excluding hydrogens is 260 g/mol. The van der Waals surface area contributed by atoms with Crippen molar-refractivity contribution in [2.24, 2.45) is 5.73 Å². The summed E-state index contributed by atoms with van der Waals surface area (Å²) in [5.74, 6) is 1.84. The molecule has 19 heavy (non-hydrogen) atoms. The molecule has 1 aromatic carbocycles. The zero-order chi connectivity index (χ0) is 14.0. The van der Waals surface area contributed by atoms with E-state index in [2.05, 4.69) is 4.90 Å². The fourth-order valence-corrected chi connectivity index (χ4v) is 2.34. The van der Waals surface area contributed by atoms with Crippen LogP contribution in [-0.4, -0.2) is 7.05 Å². The number of halogens is 1. The van der Waals surface area contributed by atoms with Crippen molar-refractivity contribution in [2.75, 3.05) is 11.9 Å². The van der Waals surface area contributed by atoms with Crippen molar-refractivity contribution in [3.8, 4) is 0 Å². The Kier molecular flexibility index (Phi) is 4.17. The van der Waals surface area contributed by atoms with Crippen LogP contribution in [0.25, 0.3) is 0 Å². The third-order valence-corrected chi connectivity index (χ3v) is 3.40. The quantitative estimate of drug-likeness (QED) is 0.922. The van der Waals surface area contributed by atoms with Gasteiger partial charge in [-0.05, 0) is 43.7 Å². The third-order valence-electron chi connectivity index (χ3n) is 3.10. The van der Waals surface area contributed by atoms with Gasteiger partial charge in [0.25, 0.3) is 0 Å². The number of furan rings is 1. The lowest BCUT2D eigenvalue weighted by atomic mass is 10.1. The van der Waals surface area contributed by atoms with Crippen molar-refractivity contribution in [2.45, 2.75) is 26.4 Å². The second-order valence-electron chi connectivity index (χ2n) is 4.87. The van der Waals surface area contributed by atoms with E-state index < -0.39 is 0 Å². The molecular formula is C15H19ClN2O. The average Bonchev–Trinajstić information content (AvgIpc) is 2.74. The van der Waals surface area contributed by atoms with Gasteiger partial charge in [-0.1, -0.05) is 17.7 Å². The fourth-order valence-electron chi connectivity index (χ4n) is 2.00. The van der Waals surface area contributed by atoms with E-state index in [-0.39, 0.29) is 6.04 Å².